The first-order valence-corrected chi connectivity index (χ1v) is 8.17. The second-order valence-electron chi connectivity index (χ2n) is 5.81. The Bertz CT molecular complexity index is 1130. The molecule has 3 heterocycles. The molecular weight excluding hydrogens is 348 g/mol. The molecule has 1 aromatic carbocycles. The standard InChI is InChI=1S/C17H16N8O2/c1-12-5-3-6-14(25-17(26)23(2)21-22-25)13(12)11-27-15-7-10-24(20-15)16-18-8-4-9-19-16/h3-10H,11H2,1-2H3. The Hall–Kier alpha value is -3.82. The molecule has 4 rings (SSSR count). The number of aromatic nitrogens is 8. The molecule has 0 amide bonds. The summed E-state index contributed by atoms with van der Waals surface area (Å²) in [6.07, 6.45) is 5.00. The second-order valence-corrected chi connectivity index (χ2v) is 5.81. The quantitative estimate of drug-likeness (QED) is 0.516. The van der Waals surface area contributed by atoms with Crippen LogP contribution in [-0.2, 0) is 13.7 Å². The van der Waals surface area contributed by atoms with E-state index in [9.17, 15) is 4.79 Å². The summed E-state index contributed by atoms with van der Waals surface area (Å²) in [6.45, 7) is 2.16. The van der Waals surface area contributed by atoms with Crippen molar-refractivity contribution in [2.45, 2.75) is 13.5 Å². The van der Waals surface area contributed by atoms with Gasteiger partial charge in [0.1, 0.15) is 6.61 Å². The van der Waals surface area contributed by atoms with Gasteiger partial charge in [-0.05, 0) is 35.0 Å². The van der Waals surface area contributed by atoms with Gasteiger partial charge in [-0.15, -0.1) is 5.10 Å². The van der Waals surface area contributed by atoms with Crippen LogP contribution in [-0.4, -0.2) is 39.5 Å². The van der Waals surface area contributed by atoms with Crippen LogP contribution >= 0.6 is 0 Å². The summed E-state index contributed by atoms with van der Waals surface area (Å²) in [7, 11) is 1.55. The van der Waals surface area contributed by atoms with E-state index in [4.69, 9.17) is 4.74 Å². The molecule has 0 fully saturated rings. The van der Waals surface area contributed by atoms with Crippen molar-refractivity contribution >= 4 is 0 Å². The molecule has 0 radical (unpaired) electrons. The predicted molar refractivity (Wildman–Crippen MR) is 94.8 cm³/mol. The first kappa shape index (κ1) is 16.6. The number of hydrogen-bond acceptors (Lipinski definition) is 7. The molecule has 136 valence electrons. The van der Waals surface area contributed by atoms with E-state index in [2.05, 4.69) is 25.5 Å². The maximum Gasteiger partial charge on any atom is 0.368 e. The van der Waals surface area contributed by atoms with Crippen molar-refractivity contribution in [2.24, 2.45) is 7.05 Å². The third kappa shape index (κ3) is 3.19. The van der Waals surface area contributed by atoms with E-state index in [0.29, 0.717) is 17.5 Å². The normalized spacial score (nSPS) is 10.9. The second kappa shape index (κ2) is 6.83. The lowest BCUT2D eigenvalue weighted by atomic mass is 10.1. The van der Waals surface area contributed by atoms with Crippen molar-refractivity contribution in [1.82, 2.24) is 39.5 Å². The average molecular weight is 364 g/mol. The van der Waals surface area contributed by atoms with Crippen LogP contribution < -0.4 is 10.4 Å². The monoisotopic (exact) mass is 364 g/mol. The fourth-order valence-corrected chi connectivity index (χ4v) is 2.59. The minimum absolute atomic E-state index is 0.220. The number of nitrogens with zero attached hydrogens (tertiary/aromatic N) is 8. The number of hydrogen-bond donors (Lipinski definition) is 0. The van der Waals surface area contributed by atoms with E-state index in [1.807, 2.05) is 19.1 Å². The van der Waals surface area contributed by atoms with E-state index in [1.165, 1.54) is 14.0 Å². The molecule has 10 nitrogen and oxygen atoms in total. The lowest BCUT2D eigenvalue weighted by Gasteiger charge is -2.11. The van der Waals surface area contributed by atoms with Crippen molar-refractivity contribution in [3.63, 3.8) is 0 Å². The van der Waals surface area contributed by atoms with Crippen molar-refractivity contribution in [3.05, 3.63) is 70.5 Å². The van der Waals surface area contributed by atoms with Crippen LogP contribution in [0.2, 0.25) is 0 Å². The van der Waals surface area contributed by atoms with Crippen LogP contribution in [0.3, 0.4) is 0 Å². The van der Waals surface area contributed by atoms with E-state index < -0.39 is 0 Å². The van der Waals surface area contributed by atoms with Gasteiger partial charge in [-0.3, -0.25) is 0 Å². The Kier molecular flexibility index (Phi) is 4.21. The van der Waals surface area contributed by atoms with Gasteiger partial charge < -0.3 is 4.74 Å². The van der Waals surface area contributed by atoms with Gasteiger partial charge in [0.15, 0.2) is 0 Å². The molecule has 0 unspecified atom stereocenters. The zero-order valence-corrected chi connectivity index (χ0v) is 14.7. The Labute approximate surface area is 153 Å². The van der Waals surface area contributed by atoms with Crippen LogP contribution in [0.1, 0.15) is 11.1 Å². The molecule has 0 N–H and O–H groups in total. The van der Waals surface area contributed by atoms with Crippen molar-refractivity contribution in [3.8, 4) is 17.5 Å². The SMILES string of the molecule is Cc1cccc(-n2nnn(C)c2=O)c1COc1ccn(-c2ncccn2)n1. The smallest absolute Gasteiger partial charge is 0.368 e. The summed E-state index contributed by atoms with van der Waals surface area (Å²) in [5.41, 5.74) is 2.09. The van der Waals surface area contributed by atoms with Crippen LogP contribution in [0.15, 0.2) is 53.7 Å². The molecule has 10 heteroatoms. The van der Waals surface area contributed by atoms with Gasteiger partial charge in [-0.25, -0.2) is 19.4 Å². The number of rotatable bonds is 5. The summed E-state index contributed by atoms with van der Waals surface area (Å²) in [6, 6.07) is 9.07. The highest BCUT2D eigenvalue weighted by atomic mass is 16.5. The molecule has 0 aliphatic heterocycles. The molecule has 0 aliphatic carbocycles. The third-order valence-corrected chi connectivity index (χ3v) is 4.02. The fourth-order valence-electron chi connectivity index (χ4n) is 2.59. The molecule has 0 saturated carbocycles. The van der Waals surface area contributed by atoms with Crippen molar-refractivity contribution in [1.29, 1.82) is 0 Å². The average Bonchev–Trinajstić information content (AvgIpc) is 3.29. The number of ether oxygens (including phenoxy) is 1. The van der Waals surface area contributed by atoms with Crippen LogP contribution in [0.4, 0.5) is 0 Å². The highest BCUT2D eigenvalue weighted by molar-refractivity contribution is 5.44. The molecule has 0 bridgehead atoms. The van der Waals surface area contributed by atoms with E-state index in [-0.39, 0.29) is 12.3 Å². The lowest BCUT2D eigenvalue weighted by Crippen LogP contribution is -2.23. The Morgan fingerprint density at radius 2 is 1.89 bits per heavy atom. The molecule has 0 atom stereocenters. The predicted octanol–water partition coefficient (Wildman–Crippen LogP) is 0.829. The van der Waals surface area contributed by atoms with Crippen LogP contribution in [0.25, 0.3) is 11.6 Å². The Morgan fingerprint density at radius 3 is 2.63 bits per heavy atom. The van der Waals surface area contributed by atoms with Gasteiger partial charge in [0.05, 0.1) is 5.69 Å². The molecular formula is C17H16N8O2. The molecule has 0 spiro atoms. The zero-order valence-electron chi connectivity index (χ0n) is 14.7. The largest absolute Gasteiger partial charge is 0.472 e. The molecule has 0 saturated heterocycles. The van der Waals surface area contributed by atoms with Gasteiger partial charge in [-0.2, -0.15) is 9.36 Å². The molecule has 4 aromatic rings. The van der Waals surface area contributed by atoms with E-state index in [1.54, 1.807) is 43.8 Å². The van der Waals surface area contributed by atoms with Gasteiger partial charge in [0.2, 0.25) is 5.88 Å². The van der Waals surface area contributed by atoms with Gasteiger partial charge in [-0.1, -0.05) is 12.1 Å². The summed E-state index contributed by atoms with van der Waals surface area (Å²) >= 11 is 0. The minimum atomic E-state index is -0.327. The lowest BCUT2D eigenvalue weighted by molar-refractivity contribution is 0.290. The highest BCUT2D eigenvalue weighted by Crippen LogP contribution is 2.19. The number of aryl methyl sites for hydroxylation is 2. The van der Waals surface area contributed by atoms with E-state index >= 15 is 0 Å². The maximum absolute atomic E-state index is 12.2. The molecule has 3 aromatic heterocycles. The maximum atomic E-state index is 12.2. The fraction of sp³-hybridized carbons (Fsp3) is 0.176. The summed E-state index contributed by atoms with van der Waals surface area (Å²) in [5.74, 6) is 0.873. The first-order chi connectivity index (χ1) is 13.1. The van der Waals surface area contributed by atoms with Crippen molar-refractivity contribution < 1.29 is 4.74 Å². The summed E-state index contributed by atoms with van der Waals surface area (Å²) in [5, 5.41) is 12.0. The summed E-state index contributed by atoms with van der Waals surface area (Å²) < 4.78 is 9.78. The number of tetrazole rings is 1. The third-order valence-electron chi connectivity index (χ3n) is 4.02. The van der Waals surface area contributed by atoms with Gasteiger partial charge in [0, 0.05) is 37.3 Å². The Morgan fingerprint density at radius 1 is 1.07 bits per heavy atom. The van der Waals surface area contributed by atoms with Gasteiger partial charge in [0.25, 0.3) is 5.95 Å². The van der Waals surface area contributed by atoms with Gasteiger partial charge >= 0.3 is 5.69 Å². The van der Waals surface area contributed by atoms with E-state index in [0.717, 1.165) is 11.1 Å². The number of benzene rings is 1. The molecule has 27 heavy (non-hydrogen) atoms. The highest BCUT2D eigenvalue weighted by Gasteiger charge is 2.14. The van der Waals surface area contributed by atoms with Crippen molar-refractivity contribution in [2.75, 3.05) is 0 Å². The topological polar surface area (TPSA) is 106 Å². The minimum Gasteiger partial charge on any atom is -0.472 e. The zero-order chi connectivity index (χ0) is 18.8. The summed E-state index contributed by atoms with van der Waals surface area (Å²) in [4.78, 5) is 20.5. The van der Waals surface area contributed by atoms with Crippen LogP contribution in [0.5, 0.6) is 5.88 Å². The Balaban J connectivity index is 1.60. The first-order valence-electron chi connectivity index (χ1n) is 8.17. The molecule has 0 aliphatic rings. The van der Waals surface area contributed by atoms with Crippen LogP contribution in [0, 0.1) is 6.92 Å².